The topological polar surface area (TPSA) is 147 Å². The molecule has 2 amide bonds. The number of nitrogens with zero attached hydrogens (tertiary/aromatic N) is 4. The van der Waals surface area contributed by atoms with E-state index in [4.69, 9.17) is 10.3 Å². The Morgan fingerprint density at radius 2 is 1.86 bits per heavy atom. The van der Waals surface area contributed by atoms with E-state index in [0.29, 0.717) is 22.6 Å². The predicted octanol–water partition coefficient (Wildman–Crippen LogP) is 4.03. The quantitative estimate of drug-likeness (QED) is 0.296. The van der Waals surface area contributed by atoms with Crippen molar-refractivity contribution in [1.29, 1.82) is 0 Å². The van der Waals surface area contributed by atoms with Crippen molar-refractivity contribution in [1.82, 2.24) is 9.72 Å². The van der Waals surface area contributed by atoms with Crippen LogP contribution in [0.2, 0.25) is 0 Å². The van der Waals surface area contributed by atoms with Crippen LogP contribution in [-0.4, -0.2) is 33.2 Å². The summed E-state index contributed by atoms with van der Waals surface area (Å²) in [5, 5.41) is 16.7. The number of carbonyl (C=O) groups is 2. The van der Waals surface area contributed by atoms with E-state index in [2.05, 4.69) is 10.3 Å². The molecule has 218 valence electrons. The van der Waals surface area contributed by atoms with E-state index in [-0.39, 0.29) is 29.0 Å². The first-order valence-corrected chi connectivity index (χ1v) is 12.7. The fourth-order valence-corrected chi connectivity index (χ4v) is 4.97. The molecule has 11 nitrogen and oxygen atoms in total. The van der Waals surface area contributed by atoms with E-state index in [1.807, 2.05) is 0 Å². The average Bonchev–Trinajstić information content (AvgIpc) is 3.39. The normalized spacial score (nSPS) is 14.4. The lowest BCUT2D eigenvalue weighted by Crippen LogP contribution is -2.40. The molecule has 14 heteroatoms. The van der Waals surface area contributed by atoms with Gasteiger partial charge in [0.15, 0.2) is 11.9 Å². The minimum absolute atomic E-state index is 0.00727. The number of alkyl halides is 2. The number of nitrogens with one attached hydrogen (secondary N) is 1. The van der Waals surface area contributed by atoms with Gasteiger partial charge < -0.3 is 20.7 Å². The molecule has 0 radical (unpaired) electrons. The van der Waals surface area contributed by atoms with Crippen molar-refractivity contribution in [2.75, 3.05) is 21.9 Å². The number of fused-ring (bicyclic) bond motifs is 1. The summed E-state index contributed by atoms with van der Waals surface area (Å²) in [6.07, 6.45) is -4.54. The second-order valence-electron chi connectivity index (χ2n) is 9.45. The summed E-state index contributed by atoms with van der Waals surface area (Å²) in [5.74, 6) is -2.48. The Morgan fingerprint density at radius 1 is 1.17 bits per heavy atom. The van der Waals surface area contributed by atoms with Gasteiger partial charge in [-0.25, -0.2) is 18.2 Å². The number of benzene rings is 2. The van der Waals surface area contributed by atoms with Gasteiger partial charge in [-0.1, -0.05) is 12.1 Å². The summed E-state index contributed by atoms with van der Waals surface area (Å²) in [4.78, 5) is 41.3. The van der Waals surface area contributed by atoms with Crippen LogP contribution >= 0.6 is 0 Å². The van der Waals surface area contributed by atoms with Crippen molar-refractivity contribution in [3.05, 3.63) is 93.0 Å². The van der Waals surface area contributed by atoms with Crippen LogP contribution in [0.4, 0.5) is 30.2 Å². The number of aliphatic hydroxyl groups excluding tert-OH is 1. The first kappa shape index (κ1) is 28.4. The number of aromatic nitrogens is 2. The van der Waals surface area contributed by atoms with Gasteiger partial charge in [0.05, 0.1) is 22.5 Å². The molecule has 0 fully saturated rings. The number of carbonyl (C=O) groups excluding carboxylic acids is 2. The second kappa shape index (κ2) is 10.7. The van der Waals surface area contributed by atoms with Crippen molar-refractivity contribution in [3.8, 4) is 11.1 Å². The molecule has 5 rings (SSSR count). The first-order chi connectivity index (χ1) is 19.9. The van der Waals surface area contributed by atoms with Gasteiger partial charge in [0.1, 0.15) is 17.3 Å². The minimum atomic E-state index is -3.06. The monoisotopic (exact) mass is 582 g/mol. The molecular weight excluding hydrogens is 557 g/mol. The summed E-state index contributed by atoms with van der Waals surface area (Å²) >= 11 is 0. The molecule has 1 unspecified atom stereocenters. The summed E-state index contributed by atoms with van der Waals surface area (Å²) in [5.41, 5.74) is 4.64. The average molecular weight is 583 g/mol. The zero-order valence-electron chi connectivity index (χ0n) is 22.6. The largest absolute Gasteiger partial charge is 0.381 e. The molecule has 3 heterocycles. The maximum atomic E-state index is 13.9. The molecular formula is C28H25F3N6O5. The lowest BCUT2D eigenvalue weighted by Gasteiger charge is -2.33. The SMILES string of the molecule is CCN1c2c(cc(C(F)F)nc2C(=O)Nc2ccc(F)c(C(N)=O)c2)C(O)N1c1ccc(-c2c(C)on(C)c2=O)cc1. The summed E-state index contributed by atoms with van der Waals surface area (Å²) < 4.78 is 48.1. The number of primary amides is 1. The van der Waals surface area contributed by atoms with Crippen molar-refractivity contribution in [2.45, 2.75) is 26.5 Å². The molecule has 2 aromatic carbocycles. The van der Waals surface area contributed by atoms with Gasteiger partial charge in [-0.2, -0.15) is 4.74 Å². The number of anilines is 3. The van der Waals surface area contributed by atoms with E-state index in [0.717, 1.165) is 22.9 Å². The van der Waals surface area contributed by atoms with Crippen LogP contribution in [0.25, 0.3) is 11.1 Å². The van der Waals surface area contributed by atoms with Gasteiger partial charge in [-0.05, 0) is 55.8 Å². The van der Waals surface area contributed by atoms with E-state index >= 15 is 0 Å². The summed E-state index contributed by atoms with van der Waals surface area (Å²) in [6.45, 7) is 3.57. The number of rotatable bonds is 7. The van der Waals surface area contributed by atoms with Crippen LogP contribution in [-0.2, 0) is 7.05 Å². The molecule has 0 saturated heterocycles. The standard InChI is InChI=1S/C28H25F3N6O5/c1-4-36-23-18(27(40)37(36)16-8-5-14(6-9-16)21-13(2)42-35(3)28(21)41)12-20(24(30)31)34-22(23)26(39)33-15-7-10-19(29)17(11-15)25(32)38/h5-12,24,27,40H,4H2,1-3H3,(H2,32,38)(H,33,39). The number of halogens is 3. The third kappa shape index (κ3) is 4.75. The highest BCUT2D eigenvalue weighted by molar-refractivity contribution is 6.08. The molecule has 0 bridgehead atoms. The Balaban J connectivity index is 1.55. The van der Waals surface area contributed by atoms with E-state index in [1.54, 1.807) is 38.1 Å². The first-order valence-electron chi connectivity index (χ1n) is 12.7. The van der Waals surface area contributed by atoms with Gasteiger partial charge >= 0.3 is 0 Å². The number of aliphatic hydroxyl groups is 1. The maximum Gasteiger partial charge on any atom is 0.290 e. The van der Waals surface area contributed by atoms with Gasteiger partial charge in [-0.15, -0.1) is 0 Å². The molecule has 1 aliphatic rings. The molecule has 4 N–H and O–H groups in total. The van der Waals surface area contributed by atoms with Crippen LogP contribution in [0.5, 0.6) is 0 Å². The van der Waals surface area contributed by atoms with Crippen LogP contribution in [0.3, 0.4) is 0 Å². The van der Waals surface area contributed by atoms with Gasteiger partial charge in [0.25, 0.3) is 23.8 Å². The highest BCUT2D eigenvalue weighted by Gasteiger charge is 2.40. The fraction of sp³-hybridized carbons (Fsp3) is 0.214. The number of hydrazine groups is 1. The smallest absolute Gasteiger partial charge is 0.290 e. The van der Waals surface area contributed by atoms with Gasteiger partial charge in [-0.3, -0.25) is 24.4 Å². The van der Waals surface area contributed by atoms with Gasteiger partial charge in [0.2, 0.25) is 0 Å². The van der Waals surface area contributed by atoms with Crippen LogP contribution in [0, 0.1) is 12.7 Å². The Morgan fingerprint density at radius 3 is 2.43 bits per heavy atom. The van der Waals surface area contributed by atoms with E-state index in [1.165, 1.54) is 23.1 Å². The van der Waals surface area contributed by atoms with Crippen molar-refractivity contribution in [3.63, 3.8) is 0 Å². The third-order valence-electron chi connectivity index (χ3n) is 6.84. The predicted molar refractivity (Wildman–Crippen MR) is 147 cm³/mol. The molecule has 1 atom stereocenters. The number of hydrogen-bond donors (Lipinski definition) is 3. The Labute approximate surface area is 236 Å². The van der Waals surface area contributed by atoms with Crippen molar-refractivity contribution >= 4 is 28.9 Å². The Bertz CT molecular complexity index is 1770. The van der Waals surface area contributed by atoms with Crippen LogP contribution < -0.4 is 26.6 Å². The van der Waals surface area contributed by atoms with Crippen molar-refractivity contribution in [2.24, 2.45) is 12.8 Å². The lowest BCUT2D eigenvalue weighted by atomic mass is 10.1. The Hall–Kier alpha value is -5.11. The van der Waals surface area contributed by atoms with E-state index in [9.17, 15) is 32.7 Å². The lowest BCUT2D eigenvalue weighted by molar-refractivity contribution is 0.0991. The molecule has 0 saturated carbocycles. The number of pyridine rings is 1. The second-order valence-corrected chi connectivity index (χ2v) is 9.45. The zero-order valence-corrected chi connectivity index (χ0v) is 22.6. The number of nitrogens with two attached hydrogens (primary N) is 1. The number of amides is 2. The number of aryl methyl sites for hydroxylation is 2. The minimum Gasteiger partial charge on any atom is -0.381 e. The molecule has 1 aliphatic heterocycles. The molecule has 2 aromatic heterocycles. The summed E-state index contributed by atoms with van der Waals surface area (Å²) in [7, 11) is 1.49. The molecule has 0 aliphatic carbocycles. The summed E-state index contributed by atoms with van der Waals surface area (Å²) in [6, 6.07) is 10.7. The molecule has 0 spiro atoms. The van der Waals surface area contributed by atoms with Crippen molar-refractivity contribution < 1.29 is 32.4 Å². The van der Waals surface area contributed by atoms with Gasteiger partial charge in [0, 0.05) is 24.8 Å². The highest BCUT2D eigenvalue weighted by Crippen LogP contribution is 2.44. The fourth-order valence-electron chi connectivity index (χ4n) is 4.97. The number of hydrogen-bond acceptors (Lipinski definition) is 8. The third-order valence-corrected chi connectivity index (χ3v) is 6.84. The zero-order chi connectivity index (χ0) is 30.5. The van der Waals surface area contributed by atoms with E-state index < -0.39 is 47.2 Å². The van der Waals surface area contributed by atoms with Crippen LogP contribution in [0.15, 0.2) is 57.8 Å². The Kier molecular flexibility index (Phi) is 7.24. The van der Waals surface area contributed by atoms with Crippen LogP contribution in [0.1, 0.15) is 57.4 Å². The maximum absolute atomic E-state index is 13.9. The highest BCUT2D eigenvalue weighted by atomic mass is 19.3. The molecule has 4 aromatic rings. The molecule has 42 heavy (non-hydrogen) atoms.